The maximum absolute atomic E-state index is 8.99. The van der Waals surface area contributed by atoms with E-state index in [4.69, 9.17) is 10.8 Å². The molecule has 0 aromatic carbocycles. The van der Waals surface area contributed by atoms with Crippen LogP contribution in [0.1, 0.15) is 31.4 Å². The van der Waals surface area contributed by atoms with Crippen molar-refractivity contribution in [2.24, 2.45) is 5.73 Å². The average Bonchev–Trinajstić information content (AvgIpc) is 2.45. The van der Waals surface area contributed by atoms with Crippen LogP contribution in [0.5, 0.6) is 0 Å². The minimum Gasteiger partial charge on any atom is -0.394 e. The first kappa shape index (κ1) is 12.1. The Morgan fingerprint density at radius 1 is 1.47 bits per heavy atom. The zero-order chi connectivity index (χ0) is 11.5. The zero-order valence-electron chi connectivity index (χ0n) is 9.69. The van der Waals surface area contributed by atoms with Crippen molar-refractivity contribution in [3.8, 4) is 0 Å². The third kappa shape index (κ3) is 3.60. The summed E-state index contributed by atoms with van der Waals surface area (Å²) in [6.45, 7) is 6.49. The molecule has 1 atom stereocenters. The van der Waals surface area contributed by atoms with Gasteiger partial charge in [0.1, 0.15) is 11.6 Å². The molecule has 5 nitrogen and oxygen atoms in total. The number of aliphatic hydroxyl groups excluding tert-OH is 1. The Bertz CT molecular complexity index is 319. The van der Waals surface area contributed by atoms with Crippen molar-refractivity contribution in [2.45, 2.75) is 45.7 Å². The van der Waals surface area contributed by atoms with Crippen LogP contribution in [0.4, 0.5) is 0 Å². The van der Waals surface area contributed by atoms with Gasteiger partial charge in [-0.05, 0) is 33.6 Å². The molecule has 0 spiro atoms. The Morgan fingerprint density at radius 3 is 2.60 bits per heavy atom. The molecule has 0 aliphatic rings. The first-order chi connectivity index (χ1) is 6.94. The third-order valence-electron chi connectivity index (χ3n) is 2.44. The lowest BCUT2D eigenvalue weighted by atomic mass is 9.99. The van der Waals surface area contributed by atoms with Gasteiger partial charge in [0.2, 0.25) is 0 Å². The smallest absolute Gasteiger partial charge is 0.147 e. The summed E-state index contributed by atoms with van der Waals surface area (Å²) in [7, 11) is 0. The van der Waals surface area contributed by atoms with Crippen LogP contribution in [0, 0.1) is 13.8 Å². The topological polar surface area (TPSA) is 77.0 Å². The van der Waals surface area contributed by atoms with Gasteiger partial charge in [-0.25, -0.2) is 4.98 Å². The number of hydrogen-bond acceptors (Lipinski definition) is 4. The summed E-state index contributed by atoms with van der Waals surface area (Å²) in [6.07, 6.45) is 1.68. The van der Waals surface area contributed by atoms with Gasteiger partial charge in [0.05, 0.1) is 6.61 Å². The lowest BCUT2D eigenvalue weighted by Crippen LogP contribution is -2.40. The van der Waals surface area contributed by atoms with Crippen LogP contribution in [-0.4, -0.2) is 32.0 Å². The first-order valence-corrected chi connectivity index (χ1v) is 5.22. The van der Waals surface area contributed by atoms with Gasteiger partial charge in [-0.2, -0.15) is 5.10 Å². The fraction of sp³-hybridized carbons (Fsp3) is 0.800. The average molecular weight is 212 g/mol. The van der Waals surface area contributed by atoms with Gasteiger partial charge < -0.3 is 10.8 Å². The number of nitrogens with two attached hydrogens (primary N) is 1. The standard InChI is InChI=1S/C10H20N4O/c1-8-12-9(2)14(13-8)6-4-5-10(3,11)7-15/h15H,4-7,11H2,1-3H3. The summed E-state index contributed by atoms with van der Waals surface area (Å²) < 4.78 is 1.88. The van der Waals surface area contributed by atoms with E-state index in [9.17, 15) is 0 Å². The van der Waals surface area contributed by atoms with Crippen LogP contribution in [0.15, 0.2) is 0 Å². The van der Waals surface area contributed by atoms with Crippen molar-refractivity contribution < 1.29 is 5.11 Å². The van der Waals surface area contributed by atoms with Crippen molar-refractivity contribution in [1.82, 2.24) is 14.8 Å². The highest BCUT2D eigenvalue weighted by Crippen LogP contribution is 2.09. The quantitative estimate of drug-likeness (QED) is 0.740. The lowest BCUT2D eigenvalue weighted by Gasteiger charge is -2.21. The molecule has 1 aromatic rings. The van der Waals surface area contributed by atoms with E-state index in [0.717, 1.165) is 31.0 Å². The summed E-state index contributed by atoms with van der Waals surface area (Å²) in [5.74, 6) is 1.72. The van der Waals surface area contributed by atoms with Crippen LogP contribution in [0.25, 0.3) is 0 Å². The fourth-order valence-electron chi connectivity index (χ4n) is 1.48. The molecular weight excluding hydrogens is 192 g/mol. The minimum atomic E-state index is -0.483. The van der Waals surface area contributed by atoms with Crippen LogP contribution in [0.2, 0.25) is 0 Å². The number of aryl methyl sites for hydroxylation is 3. The van der Waals surface area contributed by atoms with E-state index in [2.05, 4.69) is 10.1 Å². The summed E-state index contributed by atoms with van der Waals surface area (Å²) in [5, 5.41) is 13.2. The number of aliphatic hydroxyl groups is 1. The largest absolute Gasteiger partial charge is 0.394 e. The molecule has 0 amide bonds. The summed E-state index contributed by atoms with van der Waals surface area (Å²) in [4.78, 5) is 4.22. The van der Waals surface area contributed by atoms with E-state index in [-0.39, 0.29) is 6.61 Å². The molecule has 1 unspecified atom stereocenters. The maximum Gasteiger partial charge on any atom is 0.147 e. The normalized spacial score (nSPS) is 15.3. The van der Waals surface area contributed by atoms with E-state index < -0.39 is 5.54 Å². The Hall–Kier alpha value is -0.940. The van der Waals surface area contributed by atoms with Gasteiger partial charge in [0.25, 0.3) is 0 Å². The van der Waals surface area contributed by atoms with Crippen molar-refractivity contribution in [3.63, 3.8) is 0 Å². The van der Waals surface area contributed by atoms with Gasteiger partial charge in [0.15, 0.2) is 0 Å². The van der Waals surface area contributed by atoms with Gasteiger partial charge in [-0.1, -0.05) is 0 Å². The molecule has 1 aromatic heterocycles. The predicted molar refractivity (Wildman–Crippen MR) is 58.4 cm³/mol. The molecule has 0 bridgehead atoms. The molecule has 0 saturated heterocycles. The van der Waals surface area contributed by atoms with E-state index in [0.29, 0.717) is 0 Å². The van der Waals surface area contributed by atoms with Crippen LogP contribution in [-0.2, 0) is 6.54 Å². The van der Waals surface area contributed by atoms with Crippen LogP contribution in [0.3, 0.4) is 0 Å². The van der Waals surface area contributed by atoms with Crippen molar-refractivity contribution in [1.29, 1.82) is 0 Å². The Kier molecular flexibility index (Phi) is 3.82. The molecule has 0 radical (unpaired) electrons. The molecule has 15 heavy (non-hydrogen) atoms. The molecule has 1 heterocycles. The van der Waals surface area contributed by atoms with Crippen molar-refractivity contribution in [2.75, 3.05) is 6.61 Å². The monoisotopic (exact) mass is 212 g/mol. The molecule has 0 fully saturated rings. The van der Waals surface area contributed by atoms with Crippen LogP contribution < -0.4 is 5.73 Å². The minimum absolute atomic E-state index is 0.0162. The second-order valence-electron chi connectivity index (χ2n) is 4.35. The second-order valence-corrected chi connectivity index (χ2v) is 4.35. The summed E-state index contributed by atoms with van der Waals surface area (Å²) in [6, 6.07) is 0. The Morgan fingerprint density at radius 2 is 2.13 bits per heavy atom. The fourth-order valence-corrected chi connectivity index (χ4v) is 1.48. The highest BCUT2D eigenvalue weighted by Gasteiger charge is 2.16. The summed E-state index contributed by atoms with van der Waals surface area (Å²) >= 11 is 0. The second kappa shape index (κ2) is 4.72. The SMILES string of the molecule is Cc1nc(C)n(CCCC(C)(N)CO)n1. The van der Waals surface area contributed by atoms with Crippen molar-refractivity contribution >= 4 is 0 Å². The van der Waals surface area contributed by atoms with E-state index in [1.54, 1.807) is 0 Å². The first-order valence-electron chi connectivity index (χ1n) is 5.22. The molecular formula is C10H20N4O. The number of nitrogens with zero attached hydrogens (tertiary/aromatic N) is 3. The number of rotatable bonds is 5. The molecule has 86 valence electrons. The Labute approximate surface area is 90.3 Å². The number of aromatic nitrogens is 3. The zero-order valence-corrected chi connectivity index (χ0v) is 9.69. The molecule has 5 heteroatoms. The van der Waals surface area contributed by atoms with E-state index in [1.807, 2.05) is 25.5 Å². The van der Waals surface area contributed by atoms with E-state index in [1.165, 1.54) is 0 Å². The molecule has 3 N–H and O–H groups in total. The third-order valence-corrected chi connectivity index (χ3v) is 2.44. The van der Waals surface area contributed by atoms with Gasteiger partial charge >= 0.3 is 0 Å². The maximum atomic E-state index is 8.99. The lowest BCUT2D eigenvalue weighted by molar-refractivity contribution is 0.196. The number of hydrogen-bond donors (Lipinski definition) is 2. The molecule has 0 saturated carbocycles. The molecule has 0 aliphatic heterocycles. The van der Waals surface area contributed by atoms with Gasteiger partial charge in [-0.3, -0.25) is 4.68 Å². The Balaban J connectivity index is 2.41. The van der Waals surface area contributed by atoms with Gasteiger partial charge in [0, 0.05) is 12.1 Å². The van der Waals surface area contributed by atoms with Crippen LogP contribution >= 0.6 is 0 Å². The predicted octanol–water partition coefficient (Wildman–Crippen LogP) is 0.385. The van der Waals surface area contributed by atoms with Gasteiger partial charge in [-0.15, -0.1) is 0 Å². The van der Waals surface area contributed by atoms with E-state index >= 15 is 0 Å². The van der Waals surface area contributed by atoms with Crippen molar-refractivity contribution in [3.05, 3.63) is 11.6 Å². The highest BCUT2D eigenvalue weighted by molar-refractivity contribution is 4.87. The summed E-state index contributed by atoms with van der Waals surface area (Å²) in [5.41, 5.74) is 5.35. The molecule has 1 rings (SSSR count). The highest BCUT2D eigenvalue weighted by atomic mass is 16.3. The molecule has 0 aliphatic carbocycles.